The average Bonchev–Trinajstić information content (AvgIpc) is 2.30. The minimum Gasteiger partial charge on any atom is -0.392 e. The summed E-state index contributed by atoms with van der Waals surface area (Å²) in [7, 11) is 0. The van der Waals surface area contributed by atoms with Crippen LogP contribution < -0.4 is 0 Å². The van der Waals surface area contributed by atoms with Gasteiger partial charge in [-0.1, -0.05) is 0 Å². The number of hydrogen-bond acceptors (Lipinski definition) is 5. The van der Waals surface area contributed by atoms with Gasteiger partial charge in [0, 0.05) is 18.9 Å². The number of aliphatic hydroxyl groups is 1. The molecule has 0 saturated carbocycles. The molecule has 5 heteroatoms. The number of ketones is 1. The number of nitrogens with zero attached hydrogens (tertiary/aromatic N) is 3. The molecule has 86 valence electrons. The van der Waals surface area contributed by atoms with Crippen molar-refractivity contribution in [3.8, 4) is 0 Å². The number of β-amino-alcohol motifs (C(OH)–C–C–N with tert-alkyl or cyclic N) is 1. The van der Waals surface area contributed by atoms with Gasteiger partial charge in [0.05, 0.1) is 18.8 Å². The Bertz CT molecular complexity index is 356. The summed E-state index contributed by atoms with van der Waals surface area (Å²) >= 11 is 0. The van der Waals surface area contributed by atoms with Gasteiger partial charge in [-0.25, -0.2) is 4.98 Å². The van der Waals surface area contributed by atoms with E-state index in [0.29, 0.717) is 18.8 Å². The van der Waals surface area contributed by atoms with Crippen molar-refractivity contribution in [2.45, 2.75) is 18.9 Å². The van der Waals surface area contributed by atoms with E-state index in [2.05, 4.69) is 9.97 Å². The van der Waals surface area contributed by atoms with Gasteiger partial charge in [0.2, 0.25) is 0 Å². The minimum atomic E-state index is -0.302. The zero-order valence-corrected chi connectivity index (χ0v) is 9.04. The molecule has 1 atom stereocenters. The number of Topliss-reactive ketones (excluding diaryl/α,β-unsaturated/α-hetero) is 1. The highest BCUT2D eigenvalue weighted by Gasteiger charge is 2.20. The first-order chi connectivity index (χ1) is 7.75. The third-order valence-electron chi connectivity index (χ3n) is 2.70. The third kappa shape index (κ3) is 2.84. The predicted molar refractivity (Wildman–Crippen MR) is 58.0 cm³/mol. The molecule has 1 aromatic rings. The van der Waals surface area contributed by atoms with Crippen molar-refractivity contribution in [2.75, 3.05) is 19.6 Å². The van der Waals surface area contributed by atoms with E-state index in [1.165, 1.54) is 12.4 Å². The standard InChI is InChI=1S/C11H15N3O2/c15-9-2-1-5-14(7-9)8-11(16)10-6-12-3-4-13-10/h3-4,6,9,15H,1-2,5,7-8H2/t9-/m1/s1. The van der Waals surface area contributed by atoms with Gasteiger partial charge in [-0.2, -0.15) is 0 Å². The van der Waals surface area contributed by atoms with E-state index in [9.17, 15) is 9.90 Å². The molecular weight excluding hydrogens is 206 g/mol. The van der Waals surface area contributed by atoms with E-state index in [4.69, 9.17) is 0 Å². The summed E-state index contributed by atoms with van der Waals surface area (Å²) in [5.74, 6) is -0.0396. The zero-order chi connectivity index (χ0) is 11.4. The van der Waals surface area contributed by atoms with Gasteiger partial charge in [-0.05, 0) is 19.4 Å². The lowest BCUT2D eigenvalue weighted by molar-refractivity contribution is 0.0631. The van der Waals surface area contributed by atoms with E-state index in [1.54, 1.807) is 6.20 Å². The first-order valence-corrected chi connectivity index (χ1v) is 5.45. The second kappa shape index (κ2) is 5.14. The molecule has 1 aliphatic heterocycles. The van der Waals surface area contributed by atoms with Crippen LogP contribution in [-0.2, 0) is 0 Å². The van der Waals surface area contributed by atoms with E-state index in [0.717, 1.165) is 19.4 Å². The lowest BCUT2D eigenvalue weighted by Gasteiger charge is -2.29. The van der Waals surface area contributed by atoms with Crippen molar-refractivity contribution in [3.63, 3.8) is 0 Å². The van der Waals surface area contributed by atoms with Gasteiger partial charge in [0.25, 0.3) is 0 Å². The molecule has 0 amide bonds. The topological polar surface area (TPSA) is 66.3 Å². The zero-order valence-electron chi connectivity index (χ0n) is 9.04. The quantitative estimate of drug-likeness (QED) is 0.734. The normalized spacial score (nSPS) is 21.9. The number of piperidine rings is 1. The van der Waals surface area contributed by atoms with Crippen molar-refractivity contribution in [1.29, 1.82) is 0 Å². The molecule has 0 aliphatic carbocycles. The van der Waals surface area contributed by atoms with Crippen LogP contribution in [0.5, 0.6) is 0 Å². The lowest BCUT2D eigenvalue weighted by Crippen LogP contribution is -2.41. The molecule has 0 radical (unpaired) electrons. The van der Waals surface area contributed by atoms with Crippen molar-refractivity contribution in [2.24, 2.45) is 0 Å². The monoisotopic (exact) mass is 221 g/mol. The Hall–Kier alpha value is -1.33. The van der Waals surface area contributed by atoms with Crippen LogP contribution in [0.25, 0.3) is 0 Å². The Labute approximate surface area is 94.1 Å². The largest absolute Gasteiger partial charge is 0.392 e. The van der Waals surface area contributed by atoms with Crippen LogP contribution in [0, 0.1) is 0 Å². The summed E-state index contributed by atoms with van der Waals surface area (Å²) < 4.78 is 0. The van der Waals surface area contributed by atoms with Gasteiger partial charge in [0.1, 0.15) is 5.69 Å². The second-order valence-corrected chi connectivity index (χ2v) is 4.04. The maximum Gasteiger partial charge on any atom is 0.196 e. The van der Waals surface area contributed by atoms with Crippen LogP contribution >= 0.6 is 0 Å². The molecule has 0 aromatic carbocycles. The van der Waals surface area contributed by atoms with E-state index in [1.807, 2.05) is 4.90 Å². The fourth-order valence-electron chi connectivity index (χ4n) is 1.90. The molecule has 1 aromatic heterocycles. The molecule has 1 N–H and O–H groups in total. The Morgan fingerprint density at radius 3 is 3.12 bits per heavy atom. The Kier molecular flexibility index (Phi) is 3.58. The Balaban J connectivity index is 1.92. The number of carbonyl (C=O) groups is 1. The van der Waals surface area contributed by atoms with Gasteiger partial charge < -0.3 is 5.11 Å². The molecule has 1 fully saturated rings. The SMILES string of the molecule is O=C(CN1CCC[C@@H](O)C1)c1cnccn1. The van der Waals surface area contributed by atoms with Crippen LogP contribution in [0.2, 0.25) is 0 Å². The van der Waals surface area contributed by atoms with Gasteiger partial charge in [-0.3, -0.25) is 14.7 Å². The Morgan fingerprint density at radius 1 is 1.56 bits per heavy atom. The van der Waals surface area contributed by atoms with Gasteiger partial charge in [-0.15, -0.1) is 0 Å². The third-order valence-corrected chi connectivity index (χ3v) is 2.70. The van der Waals surface area contributed by atoms with Crippen LogP contribution in [0.4, 0.5) is 0 Å². The second-order valence-electron chi connectivity index (χ2n) is 4.04. The highest BCUT2D eigenvalue weighted by molar-refractivity contribution is 5.95. The average molecular weight is 221 g/mol. The van der Waals surface area contributed by atoms with Crippen LogP contribution in [0.1, 0.15) is 23.3 Å². The number of aromatic nitrogens is 2. The fourth-order valence-corrected chi connectivity index (χ4v) is 1.90. The summed E-state index contributed by atoms with van der Waals surface area (Å²) in [5, 5.41) is 9.48. The number of aliphatic hydroxyl groups excluding tert-OH is 1. The molecular formula is C11H15N3O2. The summed E-state index contributed by atoms with van der Waals surface area (Å²) in [6.45, 7) is 1.75. The van der Waals surface area contributed by atoms with Crippen LogP contribution in [0.3, 0.4) is 0 Å². The van der Waals surface area contributed by atoms with E-state index in [-0.39, 0.29) is 11.9 Å². The minimum absolute atomic E-state index is 0.0396. The first-order valence-electron chi connectivity index (χ1n) is 5.45. The molecule has 2 rings (SSSR count). The van der Waals surface area contributed by atoms with Gasteiger partial charge in [0.15, 0.2) is 5.78 Å². The fraction of sp³-hybridized carbons (Fsp3) is 0.545. The Morgan fingerprint density at radius 2 is 2.44 bits per heavy atom. The lowest BCUT2D eigenvalue weighted by atomic mass is 10.1. The van der Waals surface area contributed by atoms with Crippen molar-refractivity contribution in [1.82, 2.24) is 14.9 Å². The summed E-state index contributed by atoms with van der Waals surface area (Å²) in [6, 6.07) is 0. The summed E-state index contributed by atoms with van der Waals surface area (Å²) in [5.41, 5.74) is 0.391. The molecule has 16 heavy (non-hydrogen) atoms. The molecule has 1 saturated heterocycles. The summed E-state index contributed by atoms with van der Waals surface area (Å²) in [6.07, 6.45) is 6.00. The first kappa shape index (κ1) is 11.2. The van der Waals surface area contributed by atoms with Crippen molar-refractivity contribution >= 4 is 5.78 Å². The predicted octanol–water partition coefficient (Wildman–Crippen LogP) is 0.116. The molecule has 1 aliphatic rings. The molecule has 2 heterocycles. The molecule has 0 unspecified atom stereocenters. The maximum absolute atomic E-state index is 11.8. The van der Waals surface area contributed by atoms with Crippen molar-refractivity contribution in [3.05, 3.63) is 24.3 Å². The molecule has 0 spiro atoms. The summed E-state index contributed by atoms with van der Waals surface area (Å²) in [4.78, 5) is 21.6. The molecule has 0 bridgehead atoms. The number of carbonyl (C=O) groups excluding carboxylic acids is 1. The number of rotatable bonds is 3. The molecule has 5 nitrogen and oxygen atoms in total. The smallest absolute Gasteiger partial charge is 0.196 e. The van der Waals surface area contributed by atoms with Gasteiger partial charge >= 0.3 is 0 Å². The van der Waals surface area contributed by atoms with Crippen molar-refractivity contribution < 1.29 is 9.90 Å². The number of likely N-dealkylation sites (tertiary alicyclic amines) is 1. The highest BCUT2D eigenvalue weighted by atomic mass is 16.3. The maximum atomic E-state index is 11.8. The highest BCUT2D eigenvalue weighted by Crippen LogP contribution is 2.10. The number of hydrogen-bond donors (Lipinski definition) is 1. The van der Waals surface area contributed by atoms with Crippen LogP contribution in [-0.4, -0.2) is 51.5 Å². The van der Waals surface area contributed by atoms with E-state index >= 15 is 0 Å². The van der Waals surface area contributed by atoms with Crippen LogP contribution in [0.15, 0.2) is 18.6 Å². The van der Waals surface area contributed by atoms with E-state index < -0.39 is 0 Å².